The Morgan fingerprint density at radius 2 is 1.55 bits per heavy atom. The number of para-hydroxylation sites is 3. The van der Waals surface area contributed by atoms with Crippen molar-refractivity contribution in [1.82, 2.24) is 0 Å². The van der Waals surface area contributed by atoms with E-state index in [1.54, 1.807) is 54.6 Å². The minimum atomic E-state index is -4.41. The van der Waals surface area contributed by atoms with Crippen molar-refractivity contribution in [3.8, 4) is 0 Å². The van der Waals surface area contributed by atoms with Gasteiger partial charge in [-0.15, -0.1) is 0 Å². The van der Waals surface area contributed by atoms with Crippen LogP contribution >= 0.6 is 0 Å². The lowest BCUT2D eigenvalue weighted by molar-refractivity contribution is -0.170. The van der Waals surface area contributed by atoms with Gasteiger partial charge < -0.3 is 10.2 Å². The van der Waals surface area contributed by atoms with E-state index in [4.69, 9.17) is 0 Å². The molecule has 1 atom stereocenters. The molecule has 1 unspecified atom stereocenters. The van der Waals surface area contributed by atoms with Crippen LogP contribution in [0.15, 0.2) is 54.6 Å². The molecule has 0 aromatic heterocycles. The summed E-state index contributed by atoms with van der Waals surface area (Å²) in [5.74, 6) is 0. The van der Waals surface area contributed by atoms with E-state index in [0.717, 1.165) is 6.92 Å². The Bertz CT molecular complexity index is 625. The van der Waals surface area contributed by atoms with Crippen LogP contribution in [0.2, 0.25) is 0 Å². The summed E-state index contributed by atoms with van der Waals surface area (Å²) in [7, 11) is 0. The lowest BCUT2D eigenvalue weighted by Gasteiger charge is -2.38. The monoisotopic (exact) mass is 278 g/mol. The van der Waals surface area contributed by atoms with Crippen molar-refractivity contribution in [3.63, 3.8) is 0 Å². The first-order valence-corrected chi connectivity index (χ1v) is 6.23. The third kappa shape index (κ3) is 1.73. The van der Waals surface area contributed by atoms with Gasteiger partial charge in [0.05, 0.1) is 11.4 Å². The predicted octanol–water partition coefficient (Wildman–Crippen LogP) is 4.53. The maximum atomic E-state index is 13.5. The van der Waals surface area contributed by atoms with E-state index in [1.807, 2.05) is 0 Å². The minimum Gasteiger partial charge on any atom is -0.353 e. The van der Waals surface area contributed by atoms with Gasteiger partial charge in [-0.2, -0.15) is 13.2 Å². The average Bonchev–Trinajstić information content (AvgIpc) is 2.72. The summed E-state index contributed by atoms with van der Waals surface area (Å²) in [4.78, 5) is 1.29. The molecule has 2 aromatic rings. The number of hydrogen-bond acceptors (Lipinski definition) is 2. The van der Waals surface area contributed by atoms with Crippen molar-refractivity contribution in [2.45, 2.75) is 18.8 Å². The lowest BCUT2D eigenvalue weighted by Crippen LogP contribution is -2.57. The van der Waals surface area contributed by atoms with E-state index >= 15 is 0 Å². The molecule has 104 valence electrons. The number of halogens is 3. The molecular formula is C15H13F3N2. The second-order valence-corrected chi connectivity index (χ2v) is 4.88. The molecule has 20 heavy (non-hydrogen) atoms. The van der Waals surface area contributed by atoms with Crippen molar-refractivity contribution in [3.05, 3.63) is 54.6 Å². The molecule has 0 saturated heterocycles. The van der Waals surface area contributed by atoms with Crippen LogP contribution in [0.5, 0.6) is 0 Å². The number of nitrogens with one attached hydrogen (secondary N) is 1. The summed E-state index contributed by atoms with van der Waals surface area (Å²) in [6, 6.07) is 15.4. The fourth-order valence-electron chi connectivity index (χ4n) is 2.51. The molecule has 1 aliphatic rings. The summed E-state index contributed by atoms with van der Waals surface area (Å²) >= 11 is 0. The summed E-state index contributed by atoms with van der Waals surface area (Å²) < 4.78 is 40.6. The fourth-order valence-corrected chi connectivity index (χ4v) is 2.51. The molecule has 0 spiro atoms. The topological polar surface area (TPSA) is 15.3 Å². The molecule has 2 nitrogen and oxygen atoms in total. The third-order valence-corrected chi connectivity index (χ3v) is 3.54. The number of rotatable bonds is 1. The van der Waals surface area contributed by atoms with E-state index in [9.17, 15) is 13.2 Å². The molecule has 2 aromatic carbocycles. The number of anilines is 3. The fraction of sp³-hybridized carbons (Fsp3) is 0.200. The highest BCUT2D eigenvalue weighted by molar-refractivity contribution is 5.84. The van der Waals surface area contributed by atoms with Crippen molar-refractivity contribution >= 4 is 17.1 Å². The normalized spacial score (nSPS) is 21.5. The highest BCUT2D eigenvalue weighted by Gasteiger charge is 2.59. The van der Waals surface area contributed by atoms with Crippen molar-refractivity contribution in [1.29, 1.82) is 0 Å². The van der Waals surface area contributed by atoms with Crippen LogP contribution in [0.25, 0.3) is 0 Å². The van der Waals surface area contributed by atoms with E-state index in [0.29, 0.717) is 17.1 Å². The van der Waals surface area contributed by atoms with Gasteiger partial charge in [0.1, 0.15) is 0 Å². The Hall–Kier alpha value is -2.17. The quantitative estimate of drug-likeness (QED) is 0.824. The van der Waals surface area contributed by atoms with Gasteiger partial charge in [-0.25, -0.2) is 0 Å². The van der Waals surface area contributed by atoms with Crippen molar-refractivity contribution < 1.29 is 13.2 Å². The second kappa shape index (κ2) is 4.16. The first-order chi connectivity index (χ1) is 9.43. The lowest BCUT2D eigenvalue weighted by atomic mass is 10.1. The number of fused-ring (bicyclic) bond motifs is 1. The number of hydrogen-bond donors (Lipinski definition) is 1. The van der Waals surface area contributed by atoms with E-state index in [1.165, 1.54) is 4.90 Å². The molecule has 1 aliphatic heterocycles. The molecule has 1 N–H and O–H groups in total. The van der Waals surface area contributed by atoms with Gasteiger partial charge in [0, 0.05) is 5.69 Å². The Kier molecular flexibility index (Phi) is 2.67. The summed E-state index contributed by atoms with van der Waals surface area (Å²) in [6.45, 7) is 1.15. The zero-order valence-electron chi connectivity index (χ0n) is 10.8. The Morgan fingerprint density at radius 3 is 2.20 bits per heavy atom. The van der Waals surface area contributed by atoms with Crippen LogP contribution in [-0.4, -0.2) is 11.8 Å². The van der Waals surface area contributed by atoms with Gasteiger partial charge in [-0.3, -0.25) is 0 Å². The molecule has 1 heterocycles. The Balaban J connectivity index is 2.20. The van der Waals surface area contributed by atoms with Gasteiger partial charge in [-0.05, 0) is 31.2 Å². The number of nitrogens with zero attached hydrogens (tertiary/aromatic N) is 1. The van der Waals surface area contributed by atoms with Gasteiger partial charge in [0.15, 0.2) is 0 Å². The van der Waals surface area contributed by atoms with Crippen LogP contribution in [0, 0.1) is 0 Å². The average molecular weight is 278 g/mol. The van der Waals surface area contributed by atoms with Gasteiger partial charge in [-0.1, -0.05) is 30.3 Å². The molecule has 0 aliphatic carbocycles. The van der Waals surface area contributed by atoms with Crippen molar-refractivity contribution in [2.75, 3.05) is 10.2 Å². The molecule has 0 fully saturated rings. The first kappa shape index (κ1) is 12.8. The largest absolute Gasteiger partial charge is 0.430 e. The molecule has 0 saturated carbocycles. The molecule has 0 radical (unpaired) electrons. The van der Waals surface area contributed by atoms with Gasteiger partial charge in [0.25, 0.3) is 0 Å². The molecule has 5 heteroatoms. The van der Waals surface area contributed by atoms with Crippen molar-refractivity contribution in [2.24, 2.45) is 0 Å². The van der Waals surface area contributed by atoms with Crippen LogP contribution in [0.1, 0.15) is 6.92 Å². The highest BCUT2D eigenvalue weighted by Crippen LogP contribution is 2.50. The highest BCUT2D eigenvalue weighted by atomic mass is 19.4. The van der Waals surface area contributed by atoms with Crippen LogP contribution in [0.3, 0.4) is 0 Å². The van der Waals surface area contributed by atoms with E-state index in [-0.39, 0.29) is 0 Å². The Morgan fingerprint density at radius 1 is 0.950 bits per heavy atom. The smallest absolute Gasteiger partial charge is 0.353 e. The summed E-state index contributed by atoms with van der Waals surface area (Å²) in [6.07, 6.45) is -4.41. The van der Waals surface area contributed by atoms with E-state index < -0.39 is 11.8 Å². The predicted molar refractivity (Wildman–Crippen MR) is 73.1 cm³/mol. The zero-order chi connectivity index (χ0) is 14.4. The maximum absolute atomic E-state index is 13.5. The third-order valence-electron chi connectivity index (χ3n) is 3.54. The van der Waals surface area contributed by atoms with Crippen LogP contribution in [-0.2, 0) is 0 Å². The summed E-state index contributed by atoms with van der Waals surface area (Å²) in [5.41, 5.74) is -0.641. The Labute approximate surface area is 114 Å². The minimum absolute atomic E-state index is 0.483. The standard InChI is InChI=1S/C15H13F3N2/c1-14(15(16,17)18)19-12-9-5-6-10-13(12)20(14)11-7-3-2-4-8-11/h2-10,19H,1H3. The SMILES string of the molecule is CC1(C(F)(F)F)Nc2ccccc2N1c1ccccc1. The second-order valence-electron chi connectivity index (χ2n) is 4.88. The first-order valence-electron chi connectivity index (χ1n) is 6.23. The zero-order valence-corrected chi connectivity index (χ0v) is 10.8. The molecule has 0 amide bonds. The molecular weight excluding hydrogens is 265 g/mol. The van der Waals surface area contributed by atoms with Gasteiger partial charge in [0.2, 0.25) is 5.66 Å². The number of benzene rings is 2. The van der Waals surface area contributed by atoms with E-state index in [2.05, 4.69) is 5.32 Å². The molecule has 3 rings (SSSR count). The summed E-state index contributed by atoms with van der Waals surface area (Å²) in [5, 5.41) is 2.60. The van der Waals surface area contributed by atoms with Gasteiger partial charge >= 0.3 is 6.18 Å². The molecule has 0 bridgehead atoms. The van der Waals surface area contributed by atoms with Crippen LogP contribution < -0.4 is 10.2 Å². The maximum Gasteiger partial charge on any atom is 0.430 e. The van der Waals surface area contributed by atoms with Crippen LogP contribution in [0.4, 0.5) is 30.2 Å². The number of alkyl halides is 3.